The van der Waals surface area contributed by atoms with Gasteiger partial charge in [-0.05, 0) is 43.3 Å². The van der Waals surface area contributed by atoms with Crippen LogP contribution in [0.5, 0.6) is 0 Å². The highest BCUT2D eigenvalue weighted by Gasteiger charge is 2.39. The van der Waals surface area contributed by atoms with Crippen LogP contribution in [-0.2, 0) is 14.6 Å². The second-order valence-corrected chi connectivity index (χ2v) is 10.6. The summed E-state index contributed by atoms with van der Waals surface area (Å²) in [6.07, 6.45) is 0. The first-order chi connectivity index (χ1) is 17.3. The van der Waals surface area contributed by atoms with Gasteiger partial charge in [0.25, 0.3) is 17.7 Å². The third-order valence-corrected chi connectivity index (χ3v) is 7.92. The van der Waals surface area contributed by atoms with E-state index < -0.39 is 27.0 Å². The van der Waals surface area contributed by atoms with E-state index in [1.54, 1.807) is 65.6 Å². The van der Waals surface area contributed by atoms with Gasteiger partial charge in [-0.25, -0.2) is 8.42 Å². The molecule has 0 bridgehead atoms. The van der Waals surface area contributed by atoms with E-state index in [1.807, 2.05) is 19.1 Å². The summed E-state index contributed by atoms with van der Waals surface area (Å²) in [4.78, 5) is 42.2. The number of carbonyl (C=O) groups excluding carboxylic acids is 3. The molecule has 8 nitrogen and oxygen atoms in total. The van der Waals surface area contributed by atoms with Crippen molar-refractivity contribution in [2.45, 2.75) is 17.2 Å². The van der Waals surface area contributed by atoms with Crippen LogP contribution >= 0.6 is 0 Å². The van der Waals surface area contributed by atoms with Crippen molar-refractivity contribution >= 4 is 27.6 Å². The highest BCUT2D eigenvalue weighted by molar-refractivity contribution is 7.92. The number of hydrogen-bond donors (Lipinski definition) is 1. The molecule has 1 atom stereocenters. The maximum atomic E-state index is 13.5. The van der Waals surface area contributed by atoms with E-state index in [2.05, 4.69) is 5.32 Å². The highest BCUT2D eigenvalue weighted by atomic mass is 32.2. The Morgan fingerprint density at radius 3 is 1.92 bits per heavy atom. The molecule has 1 saturated heterocycles. The average molecular weight is 506 g/mol. The molecule has 1 heterocycles. The number of nitrogens with one attached hydrogen (secondary N) is 1. The number of carbonyl (C=O) groups is 3. The molecule has 1 aliphatic rings. The van der Waals surface area contributed by atoms with Crippen molar-refractivity contribution in [2.75, 3.05) is 26.2 Å². The molecule has 0 saturated carbocycles. The summed E-state index contributed by atoms with van der Waals surface area (Å²) in [5.41, 5.74) is 1.78. The number of hydrogen-bond acceptors (Lipinski definition) is 5. The van der Waals surface area contributed by atoms with Gasteiger partial charge in [0, 0.05) is 37.3 Å². The Bertz CT molecular complexity index is 1350. The molecule has 186 valence electrons. The Morgan fingerprint density at radius 1 is 0.750 bits per heavy atom. The Balaban J connectivity index is 1.53. The molecule has 0 aromatic heterocycles. The Kier molecular flexibility index (Phi) is 7.49. The molecule has 9 heteroatoms. The van der Waals surface area contributed by atoms with E-state index in [4.69, 9.17) is 0 Å². The van der Waals surface area contributed by atoms with Crippen LogP contribution in [0.1, 0.15) is 26.3 Å². The Hall–Kier alpha value is -3.98. The van der Waals surface area contributed by atoms with Crippen molar-refractivity contribution in [3.05, 3.63) is 102 Å². The minimum atomic E-state index is -4.23. The smallest absolute Gasteiger partial charge is 0.261 e. The van der Waals surface area contributed by atoms with Gasteiger partial charge in [-0.1, -0.05) is 54.1 Å². The molecule has 3 aromatic carbocycles. The molecule has 0 radical (unpaired) electrons. The summed E-state index contributed by atoms with van der Waals surface area (Å²) in [5, 5.41) is 0.637. The molecule has 0 spiro atoms. The monoisotopic (exact) mass is 505 g/mol. The molecule has 0 aliphatic carbocycles. The van der Waals surface area contributed by atoms with Crippen LogP contribution in [0.4, 0.5) is 0 Å². The van der Waals surface area contributed by atoms with Gasteiger partial charge in [0.15, 0.2) is 0 Å². The number of amides is 3. The van der Waals surface area contributed by atoms with E-state index in [9.17, 15) is 22.8 Å². The summed E-state index contributed by atoms with van der Waals surface area (Å²) in [5.74, 6) is -1.54. The van der Waals surface area contributed by atoms with E-state index in [0.717, 1.165) is 5.56 Å². The SMILES string of the molecule is Cc1cccc(C(=O)N2CCN(C(=O)C(NC(=O)c3ccccc3)S(=O)(=O)c3ccccc3)CC2)c1. The summed E-state index contributed by atoms with van der Waals surface area (Å²) < 4.78 is 26.9. The minimum Gasteiger partial charge on any atom is -0.336 e. The fraction of sp³-hybridized carbons (Fsp3) is 0.222. The summed E-state index contributed by atoms with van der Waals surface area (Å²) in [7, 11) is -4.23. The van der Waals surface area contributed by atoms with Crippen molar-refractivity contribution in [2.24, 2.45) is 0 Å². The van der Waals surface area contributed by atoms with Crippen molar-refractivity contribution in [1.82, 2.24) is 15.1 Å². The lowest BCUT2D eigenvalue weighted by Gasteiger charge is -2.36. The second kappa shape index (κ2) is 10.7. The molecule has 1 aliphatic heterocycles. The van der Waals surface area contributed by atoms with Crippen LogP contribution in [0.3, 0.4) is 0 Å². The third-order valence-electron chi connectivity index (χ3n) is 6.05. The van der Waals surface area contributed by atoms with Gasteiger partial charge in [0.1, 0.15) is 0 Å². The van der Waals surface area contributed by atoms with Crippen molar-refractivity contribution in [3.63, 3.8) is 0 Å². The van der Waals surface area contributed by atoms with Gasteiger partial charge in [0.05, 0.1) is 4.90 Å². The first kappa shape index (κ1) is 25.1. The maximum absolute atomic E-state index is 13.5. The molecule has 36 heavy (non-hydrogen) atoms. The number of nitrogens with zero attached hydrogens (tertiary/aromatic N) is 2. The lowest BCUT2D eigenvalue weighted by Crippen LogP contribution is -2.57. The van der Waals surface area contributed by atoms with E-state index >= 15 is 0 Å². The van der Waals surface area contributed by atoms with Gasteiger partial charge >= 0.3 is 0 Å². The molecular weight excluding hydrogens is 478 g/mol. The van der Waals surface area contributed by atoms with Crippen molar-refractivity contribution in [1.29, 1.82) is 0 Å². The molecular formula is C27H27N3O5S. The van der Waals surface area contributed by atoms with Crippen LogP contribution in [0.2, 0.25) is 0 Å². The van der Waals surface area contributed by atoms with E-state index in [0.29, 0.717) is 5.56 Å². The van der Waals surface area contributed by atoms with E-state index in [1.165, 1.54) is 17.0 Å². The van der Waals surface area contributed by atoms with Crippen LogP contribution in [0, 0.1) is 6.92 Å². The zero-order valence-corrected chi connectivity index (χ0v) is 20.6. The third kappa shape index (κ3) is 5.46. The summed E-state index contributed by atoms with van der Waals surface area (Å²) in [6, 6.07) is 23.0. The normalized spacial score (nSPS) is 14.7. The molecule has 3 amide bonds. The van der Waals surface area contributed by atoms with Gasteiger partial charge in [-0.2, -0.15) is 0 Å². The van der Waals surface area contributed by atoms with Gasteiger partial charge in [0.2, 0.25) is 15.2 Å². The summed E-state index contributed by atoms with van der Waals surface area (Å²) >= 11 is 0. The molecule has 3 aromatic rings. The fourth-order valence-corrected chi connectivity index (χ4v) is 5.55. The Labute approximate surface area is 210 Å². The number of rotatable bonds is 6. The van der Waals surface area contributed by atoms with Crippen molar-refractivity contribution < 1.29 is 22.8 Å². The Morgan fingerprint density at radius 2 is 1.31 bits per heavy atom. The molecule has 1 unspecified atom stereocenters. The standard InChI is InChI=1S/C27H27N3O5S/c1-20-9-8-12-22(19-20)26(32)29-15-17-30(18-16-29)27(33)25(28-24(31)21-10-4-2-5-11-21)36(34,35)23-13-6-3-7-14-23/h2-14,19,25H,15-18H2,1H3,(H,28,31). The fourth-order valence-electron chi connectivity index (χ4n) is 4.07. The molecule has 1 fully saturated rings. The van der Waals surface area contributed by atoms with Gasteiger partial charge in [-0.3, -0.25) is 14.4 Å². The second-order valence-electron chi connectivity index (χ2n) is 8.56. The zero-order chi connectivity index (χ0) is 25.7. The first-order valence-corrected chi connectivity index (χ1v) is 13.1. The zero-order valence-electron chi connectivity index (χ0n) is 19.8. The predicted octanol–water partition coefficient (Wildman–Crippen LogP) is 2.51. The van der Waals surface area contributed by atoms with Crippen LogP contribution in [0.25, 0.3) is 0 Å². The van der Waals surface area contributed by atoms with E-state index in [-0.39, 0.29) is 42.5 Å². The van der Waals surface area contributed by atoms with Gasteiger partial charge in [-0.15, -0.1) is 0 Å². The minimum absolute atomic E-state index is 0.0648. The number of sulfone groups is 1. The maximum Gasteiger partial charge on any atom is 0.261 e. The lowest BCUT2D eigenvalue weighted by molar-refractivity contribution is -0.132. The summed E-state index contributed by atoms with van der Waals surface area (Å²) in [6.45, 7) is 2.72. The molecule has 4 rings (SSSR count). The highest BCUT2D eigenvalue weighted by Crippen LogP contribution is 2.19. The van der Waals surface area contributed by atoms with Crippen molar-refractivity contribution in [3.8, 4) is 0 Å². The topological polar surface area (TPSA) is 104 Å². The molecule has 1 N–H and O–H groups in total. The van der Waals surface area contributed by atoms with Crippen LogP contribution in [-0.4, -0.2) is 67.5 Å². The lowest BCUT2D eigenvalue weighted by atomic mass is 10.1. The largest absolute Gasteiger partial charge is 0.336 e. The number of benzene rings is 3. The first-order valence-electron chi connectivity index (χ1n) is 11.6. The van der Waals surface area contributed by atoms with Gasteiger partial charge < -0.3 is 15.1 Å². The average Bonchev–Trinajstić information content (AvgIpc) is 2.91. The quantitative estimate of drug-likeness (QED) is 0.555. The number of aryl methyl sites for hydroxylation is 1. The predicted molar refractivity (Wildman–Crippen MR) is 135 cm³/mol. The van der Waals surface area contributed by atoms with Crippen LogP contribution < -0.4 is 5.32 Å². The van der Waals surface area contributed by atoms with Crippen LogP contribution in [0.15, 0.2) is 89.8 Å². The number of piperazine rings is 1.